The highest BCUT2D eigenvalue weighted by Crippen LogP contribution is 2.05. The molecule has 2 aromatic rings. The van der Waals surface area contributed by atoms with Crippen LogP contribution in [0.15, 0.2) is 30.5 Å². The Balaban J connectivity index is 1.81. The van der Waals surface area contributed by atoms with Crippen molar-refractivity contribution in [1.82, 2.24) is 20.3 Å². The van der Waals surface area contributed by atoms with E-state index in [9.17, 15) is 14.0 Å². The molecule has 1 amide bonds. The number of nitrogens with zero attached hydrogens (tertiary/aromatic N) is 3. The van der Waals surface area contributed by atoms with E-state index in [4.69, 9.17) is 5.11 Å². The minimum Gasteiger partial charge on any atom is -0.481 e. The zero-order valence-corrected chi connectivity index (χ0v) is 12.9. The van der Waals surface area contributed by atoms with Crippen LogP contribution in [0.25, 0.3) is 0 Å². The fourth-order valence-corrected chi connectivity index (χ4v) is 2.35. The molecule has 0 aliphatic heterocycles. The smallest absolute Gasteiger partial charge is 0.313 e. The lowest BCUT2D eigenvalue weighted by Crippen LogP contribution is -2.26. The predicted octanol–water partition coefficient (Wildman–Crippen LogP) is 1.01. The van der Waals surface area contributed by atoms with Crippen LogP contribution >= 0.6 is 11.8 Å². The van der Waals surface area contributed by atoms with Gasteiger partial charge in [-0.2, -0.15) is 0 Å². The van der Waals surface area contributed by atoms with Crippen molar-refractivity contribution in [2.45, 2.75) is 6.54 Å². The summed E-state index contributed by atoms with van der Waals surface area (Å²) in [5.74, 6) is -1.11. The number of carboxylic acids is 1. The number of aliphatic carboxylic acids is 1. The zero-order valence-electron chi connectivity index (χ0n) is 12.1. The molecule has 1 aromatic heterocycles. The molecular weight excluding hydrogens is 323 g/mol. The maximum absolute atomic E-state index is 13.1. The van der Waals surface area contributed by atoms with Crippen LogP contribution in [0.1, 0.15) is 16.1 Å². The molecule has 2 rings (SSSR count). The van der Waals surface area contributed by atoms with E-state index >= 15 is 0 Å². The Kier molecular flexibility index (Phi) is 6.10. The van der Waals surface area contributed by atoms with Gasteiger partial charge in [0.1, 0.15) is 5.82 Å². The van der Waals surface area contributed by atoms with Crippen LogP contribution in [0.2, 0.25) is 0 Å². The van der Waals surface area contributed by atoms with Gasteiger partial charge in [0.05, 0.1) is 18.5 Å². The van der Waals surface area contributed by atoms with Crippen molar-refractivity contribution in [3.05, 3.63) is 47.5 Å². The number of hydrogen-bond acceptors (Lipinski definition) is 5. The summed E-state index contributed by atoms with van der Waals surface area (Å²) in [6.07, 6.45) is 1.48. The van der Waals surface area contributed by atoms with E-state index in [1.54, 1.807) is 12.1 Å². The highest BCUT2D eigenvalue weighted by atomic mass is 32.2. The monoisotopic (exact) mass is 338 g/mol. The second-order valence-electron chi connectivity index (χ2n) is 4.63. The van der Waals surface area contributed by atoms with Gasteiger partial charge in [-0.3, -0.25) is 9.59 Å². The van der Waals surface area contributed by atoms with Crippen molar-refractivity contribution < 1.29 is 19.1 Å². The van der Waals surface area contributed by atoms with Crippen molar-refractivity contribution >= 4 is 23.6 Å². The number of thioether (sulfide) groups is 1. The lowest BCUT2D eigenvalue weighted by Gasteiger charge is -2.02. The van der Waals surface area contributed by atoms with Gasteiger partial charge in [0.25, 0.3) is 5.91 Å². The molecule has 1 aromatic carbocycles. The van der Waals surface area contributed by atoms with Gasteiger partial charge in [0.15, 0.2) is 5.69 Å². The standard InChI is InChI=1S/C14H15FN4O3S/c15-11-3-1-2-10(6-11)7-19-8-12(17-18-19)14(22)16-4-5-23-9-13(20)21/h1-3,6,8H,4-5,7,9H2,(H,16,22)(H,20,21). The first-order valence-corrected chi connectivity index (χ1v) is 7.92. The molecule has 9 heteroatoms. The molecule has 0 aliphatic carbocycles. The molecule has 0 spiro atoms. The number of carbonyl (C=O) groups excluding carboxylic acids is 1. The van der Waals surface area contributed by atoms with Crippen LogP contribution < -0.4 is 5.32 Å². The van der Waals surface area contributed by atoms with Crippen LogP contribution in [0.4, 0.5) is 4.39 Å². The van der Waals surface area contributed by atoms with Gasteiger partial charge >= 0.3 is 5.97 Å². The van der Waals surface area contributed by atoms with E-state index in [1.807, 2.05) is 0 Å². The van der Waals surface area contributed by atoms with E-state index in [0.29, 0.717) is 24.4 Å². The lowest BCUT2D eigenvalue weighted by atomic mass is 10.2. The van der Waals surface area contributed by atoms with Crippen molar-refractivity contribution in [3.8, 4) is 0 Å². The van der Waals surface area contributed by atoms with Gasteiger partial charge in [-0.25, -0.2) is 9.07 Å². The fraction of sp³-hybridized carbons (Fsp3) is 0.286. The van der Waals surface area contributed by atoms with E-state index < -0.39 is 5.97 Å². The Morgan fingerprint density at radius 3 is 2.96 bits per heavy atom. The van der Waals surface area contributed by atoms with E-state index in [2.05, 4.69) is 15.6 Å². The highest BCUT2D eigenvalue weighted by Gasteiger charge is 2.10. The van der Waals surface area contributed by atoms with Crippen LogP contribution in [0.3, 0.4) is 0 Å². The van der Waals surface area contributed by atoms with Crippen molar-refractivity contribution in [2.24, 2.45) is 0 Å². The van der Waals surface area contributed by atoms with Gasteiger partial charge in [0.2, 0.25) is 0 Å². The molecular formula is C14H15FN4O3S. The summed E-state index contributed by atoms with van der Waals surface area (Å²) in [4.78, 5) is 22.2. The second kappa shape index (κ2) is 8.28. The third kappa shape index (κ3) is 5.70. The third-order valence-corrected chi connectivity index (χ3v) is 3.71. The summed E-state index contributed by atoms with van der Waals surface area (Å²) in [6, 6.07) is 6.10. The van der Waals surface area contributed by atoms with Gasteiger partial charge in [-0.05, 0) is 17.7 Å². The van der Waals surface area contributed by atoms with Gasteiger partial charge < -0.3 is 10.4 Å². The molecule has 7 nitrogen and oxygen atoms in total. The Morgan fingerprint density at radius 2 is 2.22 bits per heavy atom. The molecule has 0 fully saturated rings. The van der Waals surface area contributed by atoms with Crippen LogP contribution in [-0.2, 0) is 11.3 Å². The molecule has 0 bridgehead atoms. The van der Waals surface area contributed by atoms with Gasteiger partial charge in [0, 0.05) is 12.3 Å². The molecule has 0 unspecified atom stereocenters. The van der Waals surface area contributed by atoms with Crippen LogP contribution in [-0.4, -0.2) is 50.0 Å². The molecule has 0 aliphatic rings. The Morgan fingerprint density at radius 1 is 1.39 bits per heavy atom. The first-order valence-electron chi connectivity index (χ1n) is 6.77. The number of carboxylic acid groups (broad SMARTS) is 1. The highest BCUT2D eigenvalue weighted by molar-refractivity contribution is 7.99. The van der Waals surface area contributed by atoms with E-state index in [0.717, 1.165) is 0 Å². The number of halogens is 1. The topological polar surface area (TPSA) is 97.1 Å². The van der Waals surface area contributed by atoms with E-state index in [-0.39, 0.29) is 23.2 Å². The minimum atomic E-state index is -0.887. The summed E-state index contributed by atoms with van der Waals surface area (Å²) < 4.78 is 14.6. The van der Waals surface area contributed by atoms with Crippen molar-refractivity contribution in [2.75, 3.05) is 18.1 Å². The summed E-state index contributed by atoms with van der Waals surface area (Å²) in [6.45, 7) is 0.653. The van der Waals surface area contributed by atoms with E-state index in [1.165, 1.54) is 34.8 Å². The molecule has 122 valence electrons. The average Bonchev–Trinajstić information content (AvgIpc) is 2.95. The average molecular weight is 338 g/mol. The first kappa shape index (κ1) is 16.9. The second-order valence-corrected chi connectivity index (χ2v) is 5.74. The molecule has 0 atom stereocenters. The lowest BCUT2D eigenvalue weighted by molar-refractivity contribution is -0.133. The molecule has 23 heavy (non-hydrogen) atoms. The maximum Gasteiger partial charge on any atom is 0.313 e. The first-order chi connectivity index (χ1) is 11.0. The summed E-state index contributed by atoms with van der Waals surface area (Å²) >= 11 is 1.22. The molecule has 2 N–H and O–H groups in total. The molecule has 1 heterocycles. The molecule has 0 radical (unpaired) electrons. The summed E-state index contributed by atoms with van der Waals surface area (Å²) in [7, 11) is 0. The fourth-order valence-electron chi connectivity index (χ4n) is 1.79. The zero-order chi connectivity index (χ0) is 16.7. The molecule has 0 saturated heterocycles. The number of amides is 1. The van der Waals surface area contributed by atoms with Gasteiger partial charge in [-0.15, -0.1) is 16.9 Å². The SMILES string of the molecule is O=C(O)CSCCNC(=O)c1cn(Cc2cccc(F)c2)nn1. The number of nitrogens with one attached hydrogen (secondary N) is 1. The summed E-state index contributed by atoms with van der Waals surface area (Å²) in [5.41, 5.74) is 0.872. The Bertz CT molecular complexity index is 692. The Labute approximate surface area is 135 Å². The van der Waals surface area contributed by atoms with Crippen molar-refractivity contribution in [1.29, 1.82) is 0 Å². The third-order valence-electron chi connectivity index (χ3n) is 2.76. The number of rotatable bonds is 8. The van der Waals surface area contributed by atoms with Crippen LogP contribution in [0, 0.1) is 5.82 Å². The number of hydrogen-bond donors (Lipinski definition) is 2. The van der Waals surface area contributed by atoms with Crippen molar-refractivity contribution in [3.63, 3.8) is 0 Å². The number of benzene rings is 1. The quantitative estimate of drug-likeness (QED) is 0.697. The van der Waals surface area contributed by atoms with Crippen LogP contribution in [0.5, 0.6) is 0 Å². The minimum absolute atomic E-state index is 0.000309. The maximum atomic E-state index is 13.1. The largest absolute Gasteiger partial charge is 0.481 e. The predicted molar refractivity (Wildman–Crippen MR) is 82.8 cm³/mol. The number of carbonyl (C=O) groups is 2. The number of aromatic nitrogens is 3. The summed E-state index contributed by atoms with van der Waals surface area (Å²) in [5, 5.41) is 18.7. The molecule has 0 saturated carbocycles. The Hall–Kier alpha value is -2.42. The van der Waals surface area contributed by atoms with Gasteiger partial charge in [-0.1, -0.05) is 17.3 Å². The normalized spacial score (nSPS) is 10.5.